The van der Waals surface area contributed by atoms with Crippen LogP contribution in [0.4, 0.5) is 0 Å². The van der Waals surface area contributed by atoms with Crippen molar-refractivity contribution in [2.24, 2.45) is 0 Å². The molecule has 0 aromatic heterocycles. The third-order valence-electron chi connectivity index (χ3n) is 4.81. The molecule has 5 nitrogen and oxygen atoms in total. The minimum Gasteiger partial charge on any atom is -0.448 e. The Morgan fingerprint density at radius 3 is 2.07 bits per heavy atom. The van der Waals surface area contributed by atoms with Gasteiger partial charge in [-0.3, -0.25) is 14.4 Å². The van der Waals surface area contributed by atoms with Crippen LogP contribution in [-0.4, -0.2) is 24.2 Å². The number of nitrogens with one attached hydrogen (secondary N) is 1. The van der Waals surface area contributed by atoms with Gasteiger partial charge in [-0.2, -0.15) is 0 Å². The number of esters is 1. The van der Waals surface area contributed by atoms with Gasteiger partial charge in [-0.05, 0) is 37.1 Å². The molecule has 0 aliphatic carbocycles. The Labute approximate surface area is 175 Å². The third-order valence-corrected chi connectivity index (χ3v) is 4.81. The van der Waals surface area contributed by atoms with Gasteiger partial charge in [0.2, 0.25) is 5.78 Å². The normalized spacial score (nSPS) is 11.4. The van der Waals surface area contributed by atoms with E-state index < -0.39 is 12.1 Å². The van der Waals surface area contributed by atoms with Gasteiger partial charge in [0.05, 0.1) is 0 Å². The number of ether oxygens (including phenoxy) is 1. The molecule has 3 aromatic carbocycles. The summed E-state index contributed by atoms with van der Waals surface area (Å²) in [6.07, 6.45) is -1.08. The van der Waals surface area contributed by atoms with Gasteiger partial charge in [-0.25, -0.2) is 0 Å². The fraction of sp³-hybridized carbons (Fsp3) is 0.160. The van der Waals surface area contributed by atoms with Crippen LogP contribution in [0, 0.1) is 13.8 Å². The molecule has 0 radical (unpaired) electrons. The second-order valence-corrected chi connectivity index (χ2v) is 6.99. The highest BCUT2D eigenvalue weighted by molar-refractivity contribution is 6.01. The first-order valence-corrected chi connectivity index (χ1v) is 9.65. The zero-order chi connectivity index (χ0) is 21.5. The average Bonchev–Trinajstić information content (AvgIpc) is 2.78. The first-order valence-electron chi connectivity index (χ1n) is 9.65. The largest absolute Gasteiger partial charge is 0.448 e. The molecule has 0 aliphatic heterocycles. The molecule has 152 valence electrons. The van der Waals surface area contributed by atoms with E-state index in [2.05, 4.69) is 5.32 Å². The molecule has 0 unspecified atom stereocenters. The van der Waals surface area contributed by atoms with E-state index in [1.54, 1.807) is 60.7 Å². The molecule has 5 heteroatoms. The van der Waals surface area contributed by atoms with Crippen LogP contribution in [0.2, 0.25) is 0 Å². The summed E-state index contributed by atoms with van der Waals surface area (Å²) in [5.41, 5.74) is 3.54. The van der Waals surface area contributed by atoms with E-state index in [4.69, 9.17) is 4.74 Å². The Morgan fingerprint density at radius 1 is 0.800 bits per heavy atom. The quantitative estimate of drug-likeness (QED) is 0.476. The summed E-state index contributed by atoms with van der Waals surface area (Å²) < 4.78 is 5.48. The second-order valence-electron chi connectivity index (χ2n) is 6.99. The fourth-order valence-electron chi connectivity index (χ4n) is 2.96. The SMILES string of the molecule is Cc1ccc(C(=O)NCC(=O)O[C@@H](C(=O)c2ccccc2)c2ccccc2)cc1C. The number of benzene rings is 3. The summed E-state index contributed by atoms with van der Waals surface area (Å²) in [7, 11) is 0. The van der Waals surface area contributed by atoms with Crippen molar-refractivity contribution in [3.05, 3.63) is 107 Å². The second kappa shape index (κ2) is 9.65. The molecule has 3 rings (SSSR count). The zero-order valence-corrected chi connectivity index (χ0v) is 16.9. The first-order chi connectivity index (χ1) is 14.5. The first kappa shape index (κ1) is 21.0. The number of amides is 1. The van der Waals surface area contributed by atoms with Crippen LogP contribution < -0.4 is 5.32 Å². The molecule has 1 N–H and O–H groups in total. The lowest BCUT2D eigenvalue weighted by atomic mass is 10.00. The number of hydrogen-bond acceptors (Lipinski definition) is 4. The van der Waals surface area contributed by atoms with Crippen LogP contribution in [-0.2, 0) is 9.53 Å². The fourth-order valence-corrected chi connectivity index (χ4v) is 2.96. The maximum Gasteiger partial charge on any atom is 0.326 e. The monoisotopic (exact) mass is 401 g/mol. The van der Waals surface area contributed by atoms with Crippen molar-refractivity contribution < 1.29 is 19.1 Å². The number of carbonyl (C=O) groups is 3. The van der Waals surface area contributed by atoms with E-state index in [1.165, 1.54) is 0 Å². The maximum absolute atomic E-state index is 12.9. The van der Waals surface area contributed by atoms with Gasteiger partial charge in [-0.15, -0.1) is 0 Å². The Hall–Kier alpha value is -3.73. The van der Waals surface area contributed by atoms with Crippen molar-refractivity contribution in [2.45, 2.75) is 20.0 Å². The number of rotatable bonds is 7. The summed E-state index contributed by atoms with van der Waals surface area (Å²) in [5, 5.41) is 2.56. The molecule has 0 heterocycles. The number of ketones is 1. The lowest BCUT2D eigenvalue weighted by Gasteiger charge is -2.18. The molecule has 3 aromatic rings. The highest BCUT2D eigenvalue weighted by Gasteiger charge is 2.26. The summed E-state index contributed by atoms with van der Waals surface area (Å²) in [6, 6.07) is 22.8. The van der Waals surface area contributed by atoms with Crippen molar-refractivity contribution in [3.63, 3.8) is 0 Å². The van der Waals surface area contributed by atoms with E-state index in [0.717, 1.165) is 11.1 Å². The van der Waals surface area contributed by atoms with E-state index >= 15 is 0 Å². The van der Waals surface area contributed by atoms with Gasteiger partial charge < -0.3 is 10.1 Å². The van der Waals surface area contributed by atoms with Crippen molar-refractivity contribution >= 4 is 17.7 Å². The van der Waals surface area contributed by atoms with Gasteiger partial charge in [-0.1, -0.05) is 66.7 Å². The molecule has 30 heavy (non-hydrogen) atoms. The molecule has 0 spiro atoms. The number of carbonyl (C=O) groups excluding carboxylic acids is 3. The van der Waals surface area contributed by atoms with E-state index in [0.29, 0.717) is 16.7 Å². The lowest BCUT2D eigenvalue weighted by Crippen LogP contribution is -2.32. The predicted molar refractivity (Wildman–Crippen MR) is 114 cm³/mol. The third kappa shape index (κ3) is 5.20. The predicted octanol–water partition coefficient (Wildman–Crippen LogP) is 4.20. The number of aryl methyl sites for hydroxylation is 2. The summed E-state index contributed by atoms with van der Waals surface area (Å²) in [4.78, 5) is 37.7. The molecular formula is C25H23NO4. The number of Topliss-reactive ketones (excluding diaryl/α,β-unsaturated/α-hetero) is 1. The molecule has 0 saturated heterocycles. The maximum atomic E-state index is 12.9. The molecule has 0 saturated carbocycles. The van der Waals surface area contributed by atoms with Crippen LogP contribution >= 0.6 is 0 Å². The van der Waals surface area contributed by atoms with Gasteiger partial charge >= 0.3 is 5.97 Å². The lowest BCUT2D eigenvalue weighted by molar-refractivity contribution is -0.146. The highest BCUT2D eigenvalue weighted by atomic mass is 16.5. The van der Waals surface area contributed by atoms with Gasteiger partial charge in [0.1, 0.15) is 6.54 Å². The van der Waals surface area contributed by atoms with Gasteiger partial charge in [0.15, 0.2) is 6.10 Å². The molecule has 1 atom stereocenters. The smallest absolute Gasteiger partial charge is 0.326 e. The van der Waals surface area contributed by atoms with Crippen LogP contribution in [0.3, 0.4) is 0 Å². The Morgan fingerprint density at radius 2 is 1.43 bits per heavy atom. The van der Waals surface area contributed by atoms with Crippen molar-refractivity contribution in [1.29, 1.82) is 0 Å². The Bertz CT molecular complexity index is 1050. The van der Waals surface area contributed by atoms with Gasteiger partial charge in [0, 0.05) is 16.7 Å². The van der Waals surface area contributed by atoms with Crippen LogP contribution in [0.5, 0.6) is 0 Å². The molecule has 0 bridgehead atoms. The van der Waals surface area contributed by atoms with Gasteiger partial charge in [0.25, 0.3) is 5.91 Å². The zero-order valence-electron chi connectivity index (χ0n) is 16.9. The summed E-state index contributed by atoms with van der Waals surface area (Å²) in [6.45, 7) is 3.54. The molecule has 0 fully saturated rings. The number of hydrogen-bond donors (Lipinski definition) is 1. The minimum atomic E-state index is -1.08. The standard InChI is InChI=1S/C25H23NO4/c1-17-13-14-21(15-18(17)2)25(29)26-16-22(27)30-24(20-11-7-4-8-12-20)23(28)19-9-5-3-6-10-19/h3-15,24H,16H2,1-2H3,(H,26,29)/t24-/m1/s1. The summed E-state index contributed by atoms with van der Waals surface area (Å²) in [5.74, 6) is -1.39. The van der Waals surface area contributed by atoms with Crippen LogP contribution in [0.15, 0.2) is 78.9 Å². The highest BCUT2D eigenvalue weighted by Crippen LogP contribution is 2.22. The minimum absolute atomic E-state index is 0.323. The topological polar surface area (TPSA) is 72.5 Å². The molecular weight excluding hydrogens is 378 g/mol. The van der Waals surface area contributed by atoms with E-state index in [9.17, 15) is 14.4 Å². The van der Waals surface area contributed by atoms with Crippen molar-refractivity contribution in [1.82, 2.24) is 5.32 Å². The Balaban J connectivity index is 1.69. The van der Waals surface area contributed by atoms with Crippen molar-refractivity contribution in [2.75, 3.05) is 6.54 Å². The van der Waals surface area contributed by atoms with Crippen LogP contribution in [0.25, 0.3) is 0 Å². The van der Waals surface area contributed by atoms with Crippen molar-refractivity contribution in [3.8, 4) is 0 Å². The van der Waals surface area contributed by atoms with Crippen LogP contribution in [0.1, 0.15) is 43.5 Å². The molecule has 1 amide bonds. The van der Waals surface area contributed by atoms with E-state index in [-0.39, 0.29) is 18.2 Å². The molecule has 0 aliphatic rings. The average molecular weight is 401 g/mol. The van der Waals surface area contributed by atoms with E-state index in [1.807, 2.05) is 32.0 Å². The summed E-state index contributed by atoms with van der Waals surface area (Å²) >= 11 is 0. The Kier molecular flexibility index (Phi) is 6.75.